The molecule has 0 aromatic heterocycles. The van der Waals surface area contributed by atoms with Crippen molar-refractivity contribution in [2.24, 2.45) is 11.8 Å². The highest BCUT2D eigenvalue weighted by Gasteiger charge is 2.67. The molecule has 0 aromatic carbocycles. The van der Waals surface area contributed by atoms with Crippen molar-refractivity contribution in [2.75, 3.05) is 0 Å². The molecule has 5 atom stereocenters. The lowest BCUT2D eigenvalue weighted by Crippen LogP contribution is -2.45. The molecule has 11 heavy (non-hydrogen) atoms. The summed E-state index contributed by atoms with van der Waals surface area (Å²) in [7, 11) is -4.06. The van der Waals surface area contributed by atoms with Crippen molar-refractivity contribution in [2.45, 2.75) is 23.0 Å². The molecule has 3 fully saturated rings. The molecule has 1 unspecified atom stereocenters. The predicted octanol–water partition coefficient (Wildman–Crippen LogP) is 0.102. The van der Waals surface area contributed by atoms with Crippen LogP contribution in [0.15, 0.2) is 0 Å². The van der Waals surface area contributed by atoms with Crippen LogP contribution < -0.4 is 0 Å². The van der Waals surface area contributed by atoms with Gasteiger partial charge in [0.05, 0.1) is 10.8 Å². The number of sulfone groups is 1. The highest BCUT2D eigenvalue weighted by atomic mass is 32.3. The Morgan fingerprint density at radius 2 is 1.45 bits per heavy atom. The van der Waals surface area contributed by atoms with Crippen LogP contribution in [0.1, 0.15) is 13.8 Å². The summed E-state index contributed by atoms with van der Waals surface area (Å²) in [5.41, 5.74) is 0. The van der Waals surface area contributed by atoms with Gasteiger partial charge in [-0.3, -0.25) is 4.21 Å². The molecule has 3 heterocycles. The fourth-order valence-electron chi connectivity index (χ4n) is 1.99. The van der Waals surface area contributed by atoms with Gasteiger partial charge in [-0.2, -0.15) is 0 Å². The standard InChI is InChI=1S/C6H10O3S2/c1-3-4(2)6-10(7)5(3)11(6,8)9/h3-6H,1-2H3/t3-,4+,5+,6-,10?. The van der Waals surface area contributed by atoms with Gasteiger partial charge >= 0.3 is 0 Å². The Morgan fingerprint density at radius 3 is 1.55 bits per heavy atom. The molecular weight excluding hydrogens is 184 g/mol. The van der Waals surface area contributed by atoms with Crippen LogP contribution in [0.25, 0.3) is 0 Å². The number of rotatable bonds is 0. The van der Waals surface area contributed by atoms with Gasteiger partial charge in [-0.25, -0.2) is 8.42 Å². The molecule has 3 nitrogen and oxygen atoms in total. The van der Waals surface area contributed by atoms with Crippen LogP contribution in [0.4, 0.5) is 0 Å². The first-order valence-electron chi connectivity index (χ1n) is 3.60. The van der Waals surface area contributed by atoms with Crippen molar-refractivity contribution in [1.82, 2.24) is 0 Å². The van der Waals surface area contributed by atoms with Crippen molar-refractivity contribution in [3.8, 4) is 0 Å². The van der Waals surface area contributed by atoms with E-state index in [1.165, 1.54) is 0 Å². The second-order valence-corrected chi connectivity index (χ2v) is 7.84. The van der Waals surface area contributed by atoms with E-state index in [1.807, 2.05) is 13.8 Å². The highest BCUT2D eigenvalue weighted by Crippen LogP contribution is 2.51. The highest BCUT2D eigenvalue weighted by molar-refractivity contribution is 8.23. The minimum absolute atomic E-state index is 0.0887. The molecule has 0 aromatic rings. The Balaban J connectivity index is 2.54. The van der Waals surface area contributed by atoms with Gasteiger partial charge in [-0.05, 0) is 11.8 Å². The fraction of sp³-hybridized carbons (Fsp3) is 1.00. The quantitative estimate of drug-likeness (QED) is 0.549. The zero-order valence-corrected chi connectivity index (χ0v) is 7.98. The summed E-state index contributed by atoms with van der Waals surface area (Å²) in [5.74, 6) is 0.177. The third kappa shape index (κ3) is 0.643. The predicted molar refractivity (Wildman–Crippen MR) is 43.0 cm³/mol. The Kier molecular flexibility index (Phi) is 1.32. The Morgan fingerprint density at radius 1 is 1.09 bits per heavy atom. The molecule has 0 saturated carbocycles. The van der Waals surface area contributed by atoms with Gasteiger partial charge in [0.15, 0.2) is 9.84 Å². The molecular formula is C6H10O3S2. The van der Waals surface area contributed by atoms with E-state index in [-0.39, 0.29) is 11.8 Å². The first kappa shape index (κ1) is 7.73. The van der Waals surface area contributed by atoms with Gasteiger partial charge in [0.25, 0.3) is 0 Å². The summed E-state index contributed by atoms with van der Waals surface area (Å²) in [5, 5.41) is 0. The van der Waals surface area contributed by atoms with Gasteiger partial charge in [0, 0.05) is 0 Å². The van der Waals surface area contributed by atoms with Crippen LogP contribution in [-0.4, -0.2) is 21.8 Å². The van der Waals surface area contributed by atoms with E-state index in [4.69, 9.17) is 0 Å². The van der Waals surface area contributed by atoms with Gasteiger partial charge < -0.3 is 0 Å². The van der Waals surface area contributed by atoms with Gasteiger partial charge in [0.1, 0.15) is 9.16 Å². The van der Waals surface area contributed by atoms with Crippen LogP contribution in [-0.2, 0) is 20.6 Å². The molecule has 0 spiro atoms. The maximum atomic E-state index is 11.2. The lowest BCUT2D eigenvalue weighted by Gasteiger charge is -2.24. The van der Waals surface area contributed by atoms with Crippen molar-refractivity contribution in [3.05, 3.63) is 0 Å². The normalized spacial score (nSPS) is 58.9. The van der Waals surface area contributed by atoms with E-state index in [1.54, 1.807) is 0 Å². The molecule has 5 heteroatoms. The van der Waals surface area contributed by atoms with Crippen LogP contribution in [0.5, 0.6) is 0 Å². The Labute approximate surface area is 68.6 Å². The molecule has 0 amide bonds. The summed E-state index contributed by atoms with van der Waals surface area (Å²) < 4.78 is 32.6. The van der Waals surface area contributed by atoms with Crippen LogP contribution in [0.2, 0.25) is 0 Å². The number of fused-ring (bicyclic) bond motifs is 1. The van der Waals surface area contributed by atoms with Crippen molar-refractivity contribution < 1.29 is 12.6 Å². The summed E-state index contributed by atoms with van der Waals surface area (Å²) >= 11 is 0. The van der Waals surface area contributed by atoms with Crippen LogP contribution in [0, 0.1) is 11.8 Å². The first-order valence-corrected chi connectivity index (χ1v) is 6.48. The molecule has 3 rings (SSSR count). The lowest BCUT2D eigenvalue weighted by molar-refractivity contribution is 0.491. The maximum Gasteiger partial charge on any atom is 0.180 e. The summed E-state index contributed by atoms with van der Waals surface area (Å²) in [6.07, 6.45) is 0. The average molecular weight is 194 g/mol. The van der Waals surface area contributed by atoms with Crippen LogP contribution in [0.3, 0.4) is 0 Å². The Hall–Kier alpha value is 0.1000. The molecule has 2 bridgehead atoms. The zero-order valence-electron chi connectivity index (χ0n) is 6.35. The van der Waals surface area contributed by atoms with Gasteiger partial charge in [0.2, 0.25) is 0 Å². The van der Waals surface area contributed by atoms with Gasteiger partial charge in [-0.15, -0.1) is 0 Å². The molecule has 64 valence electrons. The smallest absolute Gasteiger partial charge is 0.180 e. The van der Waals surface area contributed by atoms with E-state index in [0.717, 1.165) is 0 Å². The van der Waals surface area contributed by atoms with E-state index in [9.17, 15) is 12.6 Å². The fourth-order valence-corrected chi connectivity index (χ4v) is 8.28. The van der Waals surface area contributed by atoms with Crippen LogP contribution >= 0.6 is 0 Å². The van der Waals surface area contributed by atoms with Crippen molar-refractivity contribution >= 4 is 20.6 Å². The molecule has 0 aliphatic carbocycles. The van der Waals surface area contributed by atoms with E-state index < -0.39 is 29.8 Å². The van der Waals surface area contributed by atoms with Crippen molar-refractivity contribution in [1.29, 1.82) is 0 Å². The third-order valence-corrected chi connectivity index (χ3v) is 9.47. The lowest BCUT2D eigenvalue weighted by atomic mass is 10.0. The zero-order chi connectivity index (χ0) is 8.39. The number of hydrogen-bond acceptors (Lipinski definition) is 3. The van der Waals surface area contributed by atoms with E-state index in [0.29, 0.717) is 0 Å². The molecule has 3 saturated heterocycles. The maximum absolute atomic E-state index is 11.2. The third-order valence-electron chi connectivity index (χ3n) is 2.79. The second kappa shape index (κ2) is 1.88. The molecule has 0 N–H and O–H groups in total. The Bertz CT molecular complexity index is 295. The topological polar surface area (TPSA) is 51.2 Å². The molecule has 3 aliphatic heterocycles. The largest absolute Gasteiger partial charge is 0.257 e. The monoisotopic (exact) mass is 194 g/mol. The molecule has 0 radical (unpaired) electrons. The second-order valence-electron chi connectivity index (χ2n) is 3.37. The SMILES string of the molecule is C[C@@H]1[C@H](C)[C@@H]2S(=O)[C@H]1S2(=O)=O. The van der Waals surface area contributed by atoms with E-state index in [2.05, 4.69) is 0 Å². The van der Waals surface area contributed by atoms with Gasteiger partial charge in [-0.1, -0.05) is 13.8 Å². The summed E-state index contributed by atoms with van der Waals surface area (Å²) in [6.45, 7) is 3.75. The van der Waals surface area contributed by atoms with E-state index >= 15 is 0 Å². The first-order chi connectivity index (χ1) is 4.98. The minimum Gasteiger partial charge on any atom is -0.257 e. The van der Waals surface area contributed by atoms with Crippen molar-refractivity contribution in [3.63, 3.8) is 0 Å². The molecule has 3 aliphatic rings. The minimum atomic E-state index is -2.98. The summed E-state index contributed by atoms with van der Waals surface area (Å²) in [6, 6.07) is 0. The number of hydrogen-bond donors (Lipinski definition) is 0. The average Bonchev–Trinajstić information content (AvgIpc) is 2.15. The summed E-state index contributed by atoms with van der Waals surface area (Å²) in [4.78, 5) is 0.